The minimum absolute atomic E-state index is 0.00199. The molecule has 5 rings (SSSR count). The van der Waals surface area contributed by atoms with Crippen molar-refractivity contribution in [3.05, 3.63) is 47.8 Å². The molecule has 0 bridgehead atoms. The average molecular weight is 445 g/mol. The lowest BCUT2D eigenvalue weighted by Gasteiger charge is -2.22. The van der Waals surface area contributed by atoms with Crippen LogP contribution in [-0.4, -0.2) is 45.5 Å². The lowest BCUT2D eigenvalue weighted by atomic mass is 9.81. The predicted molar refractivity (Wildman–Crippen MR) is 120 cm³/mol. The van der Waals surface area contributed by atoms with Crippen molar-refractivity contribution in [3.63, 3.8) is 0 Å². The maximum absolute atomic E-state index is 13.0. The minimum atomic E-state index is -1.25. The third-order valence-corrected chi connectivity index (χ3v) is 5.90. The molecule has 1 atom stereocenters. The number of aromatic hydroxyl groups is 1. The summed E-state index contributed by atoms with van der Waals surface area (Å²) in [6.45, 7) is 5.98. The molecule has 0 saturated heterocycles. The summed E-state index contributed by atoms with van der Waals surface area (Å²) in [6, 6.07) is 2.87. The van der Waals surface area contributed by atoms with Gasteiger partial charge >= 0.3 is 0 Å². The van der Waals surface area contributed by atoms with Gasteiger partial charge in [-0.25, -0.2) is 24.5 Å². The van der Waals surface area contributed by atoms with E-state index in [1.165, 1.54) is 24.7 Å². The van der Waals surface area contributed by atoms with Crippen molar-refractivity contribution >= 4 is 23.2 Å². The number of hydrogen-bond acceptors (Lipinski definition) is 9. The second-order valence-corrected chi connectivity index (χ2v) is 8.67. The lowest BCUT2D eigenvalue weighted by Crippen LogP contribution is -2.33. The number of nitrogen functional groups attached to an aromatic ring is 1. The first-order chi connectivity index (χ1) is 15.8. The summed E-state index contributed by atoms with van der Waals surface area (Å²) in [6.07, 6.45) is 6.27. The Bertz CT molecular complexity index is 1400. The highest BCUT2D eigenvalue weighted by molar-refractivity contribution is 6.08. The largest absolute Gasteiger partial charge is 0.508 e. The fraction of sp³-hybridized carbons (Fsp3) is 0.318. The van der Waals surface area contributed by atoms with Gasteiger partial charge in [-0.3, -0.25) is 9.78 Å². The van der Waals surface area contributed by atoms with E-state index in [0.717, 1.165) is 18.5 Å². The number of nitrogens with two attached hydrogens (primary N) is 1. The molecule has 11 heteroatoms. The SMILES string of the molecule is CC(C)CCc1nc(-c2nc(N)c3c(n2)NC(=O)[C@@]3(C)c2cc(O)ccn2)cn2ncnc12. The molecular formula is C22H23N9O2. The van der Waals surface area contributed by atoms with Crippen molar-refractivity contribution in [2.75, 3.05) is 11.1 Å². The monoisotopic (exact) mass is 445 g/mol. The van der Waals surface area contributed by atoms with E-state index in [2.05, 4.69) is 44.2 Å². The van der Waals surface area contributed by atoms with Gasteiger partial charge in [0.25, 0.3) is 0 Å². The summed E-state index contributed by atoms with van der Waals surface area (Å²) < 4.78 is 1.64. The topological polar surface area (TPSA) is 157 Å². The zero-order valence-corrected chi connectivity index (χ0v) is 18.4. The first-order valence-electron chi connectivity index (χ1n) is 10.6. The van der Waals surface area contributed by atoms with Crippen LogP contribution >= 0.6 is 0 Å². The summed E-state index contributed by atoms with van der Waals surface area (Å²) in [5, 5.41) is 16.9. The van der Waals surface area contributed by atoms with Crippen molar-refractivity contribution < 1.29 is 9.90 Å². The van der Waals surface area contributed by atoms with E-state index >= 15 is 0 Å². The zero-order valence-electron chi connectivity index (χ0n) is 18.4. The maximum Gasteiger partial charge on any atom is 0.242 e. The number of hydrogen-bond donors (Lipinski definition) is 3. The third-order valence-electron chi connectivity index (χ3n) is 5.90. The van der Waals surface area contributed by atoms with E-state index in [1.807, 2.05) is 0 Å². The Morgan fingerprint density at radius 3 is 2.82 bits per heavy atom. The van der Waals surface area contributed by atoms with Crippen LogP contribution in [0.3, 0.4) is 0 Å². The van der Waals surface area contributed by atoms with Crippen LogP contribution in [0.1, 0.15) is 44.1 Å². The fourth-order valence-electron chi connectivity index (χ4n) is 4.05. The Morgan fingerprint density at radius 1 is 1.24 bits per heavy atom. The number of aryl methyl sites for hydroxylation is 1. The van der Waals surface area contributed by atoms with E-state index in [-0.39, 0.29) is 23.3 Å². The molecule has 0 fully saturated rings. The van der Waals surface area contributed by atoms with Crippen LogP contribution in [0.25, 0.3) is 17.2 Å². The molecule has 5 heterocycles. The van der Waals surface area contributed by atoms with E-state index in [9.17, 15) is 9.90 Å². The molecule has 4 N–H and O–H groups in total. The van der Waals surface area contributed by atoms with Gasteiger partial charge in [0, 0.05) is 12.3 Å². The first-order valence-corrected chi connectivity index (χ1v) is 10.6. The molecule has 0 aliphatic carbocycles. The molecule has 0 aromatic carbocycles. The number of fused-ring (bicyclic) bond motifs is 2. The van der Waals surface area contributed by atoms with Crippen LogP contribution in [0.5, 0.6) is 5.75 Å². The highest BCUT2D eigenvalue weighted by Gasteiger charge is 2.48. The van der Waals surface area contributed by atoms with Crippen LogP contribution in [0.4, 0.5) is 11.6 Å². The van der Waals surface area contributed by atoms with Crippen molar-refractivity contribution in [3.8, 4) is 17.3 Å². The molecule has 0 radical (unpaired) electrons. The summed E-state index contributed by atoms with van der Waals surface area (Å²) >= 11 is 0. The lowest BCUT2D eigenvalue weighted by molar-refractivity contribution is -0.119. The second-order valence-electron chi connectivity index (χ2n) is 8.67. The molecule has 1 aliphatic heterocycles. The van der Waals surface area contributed by atoms with Crippen molar-refractivity contribution in [1.82, 2.24) is 34.5 Å². The normalized spacial score (nSPS) is 17.5. The molecule has 0 saturated carbocycles. The van der Waals surface area contributed by atoms with Gasteiger partial charge in [0.05, 0.1) is 23.1 Å². The predicted octanol–water partition coefficient (Wildman–Crippen LogP) is 2.11. The van der Waals surface area contributed by atoms with Crippen LogP contribution in [0.2, 0.25) is 0 Å². The number of aromatic nitrogens is 7. The molecule has 1 amide bonds. The highest BCUT2D eigenvalue weighted by Crippen LogP contribution is 2.44. The van der Waals surface area contributed by atoms with E-state index < -0.39 is 5.41 Å². The second kappa shape index (κ2) is 7.47. The van der Waals surface area contributed by atoms with E-state index in [1.54, 1.807) is 17.6 Å². The van der Waals surface area contributed by atoms with Crippen molar-refractivity contribution in [2.45, 2.75) is 39.0 Å². The quantitative estimate of drug-likeness (QED) is 0.418. The van der Waals surface area contributed by atoms with Gasteiger partial charge in [0.2, 0.25) is 5.91 Å². The molecule has 33 heavy (non-hydrogen) atoms. The average Bonchev–Trinajstić information content (AvgIpc) is 3.35. The molecule has 4 aromatic rings. The van der Waals surface area contributed by atoms with Crippen molar-refractivity contribution in [2.24, 2.45) is 5.92 Å². The fourth-order valence-corrected chi connectivity index (χ4v) is 4.05. The number of anilines is 2. The number of nitrogens with zero attached hydrogens (tertiary/aromatic N) is 7. The minimum Gasteiger partial charge on any atom is -0.508 e. The van der Waals surface area contributed by atoms with Crippen LogP contribution < -0.4 is 11.1 Å². The Morgan fingerprint density at radius 2 is 2.06 bits per heavy atom. The Kier molecular flexibility index (Phi) is 4.69. The highest BCUT2D eigenvalue weighted by atomic mass is 16.3. The van der Waals surface area contributed by atoms with Gasteiger partial charge in [-0.1, -0.05) is 13.8 Å². The van der Waals surface area contributed by atoms with E-state index in [0.29, 0.717) is 34.3 Å². The zero-order chi connectivity index (χ0) is 23.3. The van der Waals surface area contributed by atoms with Crippen LogP contribution in [0, 0.1) is 5.92 Å². The van der Waals surface area contributed by atoms with Gasteiger partial charge in [-0.15, -0.1) is 0 Å². The molecule has 168 valence electrons. The summed E-state index contributed by atoms with van der Waals surface area (Å²) in [4.78, 5) is 35.4. The van der Waals surface area contributed by atoms with Gasteiger partial charge < -0.3 is 16.2 Å². The van der Waals surface area contributed by atoms with Crippen LogP contribution in [0.15, 0.2) is 30.9 Å². The molecule has 1 aliphatic rings. The molecule has 0 unspecified atom stereocenters. The van der Waals surface area contributed by atoms with Gasteiger partial charge in [0.15, 0.2) is 11.5 Å². The molecule has 11 nitrogen and oxygen atoms in total. The molecule has 4 aromatic heterocycles. The summed E-state index contributed by atoms with van der Waals surface area (Å²) in [5.41, 5.74) is 7.82. The van der Waals surface area contributed by atoms with Crippen LogP contribution in [-0.2, 0) is 16.6 Å². The Labute approximate surface area is 189 Å². The standard InChI is InChI=1S/C22H23N9O2/c1-11(2)4-5-13-20-25-10-26-31(20)9-14(27-13)18-28-17(23)16-19(29-18)30-21(33)22(16,3)15-8-12(32)6-7-24-15/h6-11H,4-5H2,1-3H3,(H,24,32)(H3,23,28,29,30,33)/t22-/m0/s1. The number of nitrogens with one attached hydrogen (secondary N) is 1. The maximum atomic E-state index is 13.0. The molecular weight excluding hydrogens is 422 g/mol. The Balaban J connectivity index is 1.62. The smallest absolute Gasteiger partial charge is 0.242 e. The first kappa shape index (κ1) is 20.7. The number of pyridine rings is 1. The van der Waals surface area contributed by atoms with Gasteiger partial charge in [0.1, 0.15) is 34.8 Å². The number of amides is 1. The number of carbonyl (C=O) groups is 1. The van der Waals surface area contributed by atoms with Gasteiger partial charge in [-0.05, 0) is 31.7 Å². The molecule has 0 spiro atoms. The summed E-state index contributed by atoms with van der Waals surface area (Å²) in [5.74, 6) is 0.834. The third kappa shape index (κ3) is 3.32. The summed E-state index contributed by atoms with van der Waals surface area (Å²) in [7, 11) is 0. The van der Waals surface area contributed by atoms with Crippen molar-refractivity contribution in [1.29, 1.82) is 0 Å². The van der Waals surface area contributed by atoms with Gasteiger partial charge in [-0.2, -0.15) is 5.10 Å². The van der Waals surface area contributed by atoms with E-state index in [4.69, 9.17) is 10.7 Å². The Hall–Kier alpha value is -4.15. The number of carbonyl (C=O) groups excluding carboxylic acids is 1. The number of rotatable bonds is 5.